The SMILES string of the molecule is CNCC(C)C(=O)Nc1ccc(Sc2ccccc2)cc1C.Cl. The number of carbonyl (C=O) groups excluding carboxylic acids is 1. The molecule has 3 nitrogen and oxygen atoms in total. The standard InChI is InChI=1S/C18H22N2OS.ClH/c1-13-11-16(22-15-7-5-4-6-8-15)9-10-17(13)20-18(21)14(2)12-19-3;/h4-11,14,19H,12H2,1-3H3,(H,20,21);1H. The summed E-state index contributed by atoms with van der Waals surface area (Å²) < 4.78 is 0. The van der Waals surface area contributed by atoms with E-state index in [4.69, 9.17) is 0 Å². The molecule has 0 aliphatic heterocycles. The van der Waals surface area contributed by atoms with Gasteiger partial charge in [0, 0.05) is 27.9 Å². The van der Waals surface area contributed by atoms with Gasteiger partial charge in [0.05, 0.1) is 0 Å². The van der Waals surface area contributed by atoms with Gasteiger partial charge in [0.25, 0.3) is 0 Å². The molecule has 2 aromatic carbocycles. The number of hydrogen-bond acceptors (Lipinski definition) is 3. The summed E-state index contributed by atoms with van der Waals surface area (Å²) in [5.74, 6) is -0.0105. The molecule has 1 amide bonds. The Hall–Kier alpha value is -1.49. The molecule has 0 saturated heterocycles. The van der Waals surface area contributed by atoms with Gasteiger partial charge in [0.1, 0.15) is 0 Å². The minimum absolute atomic E-state index is 0. The highest BCUT2D eigenvalue weighted by Crippen LogP contribution is 2.30. The molecule has 0 aliphatic rings. The van der Waals surface area contributed by atoms with Gasteiger partial charge in [-0.05, 0) is 49.9 Å². The average Bonchev–Trinajstić information content (AvgIpc) is 2.51. The molecule has 0 radical (unpaired) electrons. The smallest absolute Gasteiger partial charge is 0.228 e. The number of halogens is 1. The molecule has 2 rings (SSSR count). The molecule has 0 heterocycles. The number of aryl methyl sites for hydroxylation is 1. The Bertz CT molecular complexity index is 634. The van der Waals surface area contributed by atoms with Crippen LogP contribution >= 0.6 is 24.2 Å². The second kappa shape index (κ2) is 9.60. The van der Waals surface area contributed by atoms with Crippen molar-refractivity contribution >= 4 is 35.8 Å². The zero-order valence-corrected chi connectivity index (χ0v) is 15.3. The number of amides is 1. The van der Waals surface area contributed by atoms with Crippen molar-refractivity contribution in [3.8, 4) is 0 Å². The number of carbonyl (C=O) groups is 1. The van der Waals surface area contributed by atoms with Gasteiger partial charge in [-0.15, -0.1) is 12.4 Å². The van der Waals surface area contributed by atoms with E-state index in [-0.39, 0.29) is 24.2 Å². The zero-order valence-electron chi connectivity index (χ0n) is 13.6. The number of nitrogens with one attached hydrogen (secondary N) is 2. The fraction of sp³-hybridized carbons (Fsp3) is 0.278. The number of anilines is 1. The molecular weight excluding hydrogens is 328 g/mol. The van der Waals surface area contributed by atoms with Gasteiger partial charge >= 0.3 is 0 Å². The molecule has 23 heavy (non-hydrogen) atoms. The monoisotopic (exact) mass is 350 g/mol. The summed E-state index contributed by atoms with van der Waals surface area (Å²) in [7, 11) is 1.85. The molecule has 124 valence electrons. The van der Waals surface area contributed by atoms with Crippen molar-refractivity contribution < 1.29 is 4.79 Å². The highest BCUT2D eigenvalue weighted by Gasteiger charge is 2.13. The first-order valence-electron chi connectivity index (χ1n) is 7.39. The summed E-state index contributed by atoms with van der Waals surface area (Å²) >= 11 is 1.72. The van der Waals surface area contributed by atoms with Gasteiger partial charge in [-0.25, -0.2) is 0 Å². The number of rotatable bonds is 6. The molecule has 1 unspecified atom stereocenters. The summed E-state index contributed by atoms with van der Waals surface area (Å²) in [6.07, 6.45) is 0. The number of hydrogen-bond donors (Lipinski definition) is 2. The van der Waals surface area contributed by atoms with Gasteiger partial charge in [0.15, 0.2) is 0 Å². The van der Waals surface area contributed by atoms with Crippen LogP contribution in [0.2, 0.25) is 0 Å². The topological polar surface area (TPSA) is 41.1 Å². The van der Waals surface area contributed by atoms with Crippen molar-refractivity contribution in [1.82, 2.24) is 5.32 Å². The van der Waals surface area contributed by atoms with Gasteiger partial charge in [-0.2, -0.15) is 0 Å². The highest BCUT2D eigenvalue weighted by atomic mass is 35.5. The summed E-state index contributed by atoms with van der Waals surface area (Å²) in [6.45, 7) is 4.61. The van der Waals surface area contributed by atoms with E-state index < -0.39 is 0 Å². The molecule has 5 heteroatoms. The molecule has 0 saturated carbocycles. The van der Waals surface area contributed by atoms with Crippen LogP contribution in [0.1, 0.15) is 12.5 Å². The number of benzene rings is 2. The molecule has 0 fully saturated rings. The Morgan fingerprint density at radius 3 is 2.43 bits per heavy atom. The molecule has 1 atom stereocenters. The zero-order chi connectivity index (χ0) is 15.9. The maximum Gasteiger partial charge on any atom is 0.228 e. The molecule has 0 aromatic heterocycles. The van der Waals surface area contributed by atoms with Gasteiger partial charge in [-0.3, -0.25) is 4.79 Å². The Morgan fingerprint density at radius 1 is 1.13 bits per heavy atom. The fourth-order valence-electron chi connectivity index (χ4n) is 2.12. The van der Waals surface area contributed by atoms with E-state index in [1.165, 1.54) is 9.79 Å². The third-order valence-corrected chi connectivity index (χ3v) is 4.39. The van der Waals surface area contributed by atoms with Gasteiger partial charge in [0.2, 0.25) is 5.91 Å². The van der Waals surface area contributed by atoms with E-state index in [9.17, 15) is 4.79 Å². The normalized spacial score (nSPS) is 11.4. The Morgan fingerprint density at radius 2 is 1.83 bits per heavy atom. The minimum atomic E-state index is -0.0530. The van der Waals surface area contributed by atoms with Crippen molar-refractivity contribution in [3.63, 3.8) is 0 Å². The highest BCUT2D eigenvalue weighted by molar-refractivity contribution is 7.99. The van der Waals surface area contributed by atoms with E-state index in [1.54, 1.807) is 11.8 Å². The van der Waals surface area contributed by atoms with Crippen molar-refractivity contribution in [1.29, 1.82) is 0 Å². The lowest BCUT2D eigenvalue weighted by atomic mass is 10.1. The van der Waals surface area contributed by atoms with E-state index in [2.05, 4.69) is 28.8 Å². The maximum absolute atomic E-state index is 12.1. The molecular formula is C18H23ClN2OS. The van der Waals surface area contributed by atoms with E-state index in [1.807, 2.05) is 51.2 Å². The largest absolute Gasteiger partial charge is 0.326 e. The van der Waals surface area contributed by atoms with E-state index >= 15 is 0 Å². The van der Waals surface area contributed by atoms with Crippen LogP contribution in [0.5, 0.6) is 0 Å². The maximum atomic E-state index is 12.1. The van der Waals surface area contributed by atoms with E-state index in [0.717, 1.165) is 11.3 Å². The summed E-state index contributed by atoms with van der Waals surface area (Å²) in [6, 6.07) is 16.4. The van der Waals surface area contributed by atoms with Crippen LogP contribution in [-0.4, -0.2) is 19.5 Å². The first-order valence-corrected chi connectivity index (χ1v) is 8.21. The first-order chi connectivity index (χ1) is 10.6. The van der Waals surface area contributed by atoms with Gasteiger partial charge in [-0.1, -0.05) is 36.9 Å². The lowest BCUT2D eigenvalue weighted by molar-refractivity contribution is -0.119. The second-order valence-corrected chi connectivity index (χ2v) is 6.49. The lowest BCUT2D eigenvalue weighted by Gasteiger charge is -2.14. The van der Waals surface area contributed by atoms with Crippen LogP contribution in [0, 0.1) is 12.8 Å². The average molecular weight is 351 g/mol. The fourth-order valence-corrected chi connectivity index (χ4v) is 3.06. The molecule has 2 N–H and O–H groups in total. The molecule has 0 spiro atoms. The Balaban J connectivity index is 0.00000264. The summed E-state index contributed by atoms with van der Waals surface area (Å²) in [4.78, 5) is 14.5. The van der Waals surface area contributed by atoms with Crippen LogP contribution in [0.4, 0.5) is 5.69 Å². The van der Waals surface area contributed by atoms with Crippen LogP contribution in [0.15, 0.2) is 58.3 Å². The summed E-state index contributed by atoms with van der Waals surface area (Å²) in [5, 5.41) is 6.02. The minimum Gasteiger partial charge on any atom is -0.326 e. The van der Waals surface area contributed by atoms with Crippen molar-refractivity contribution in [2.75, 3.05) is 18.9 Å². The predicted molar refractivity (Wildman–Crippen MR) is 101 cm³/mol. The Labute approximate surface area is 148 Å². The quantitative estimate of drug-likeness (QED) is 0.813. The molecule has 0 aliphatic carbocycles. The lowest BCUT2D eigenvalue weighted by Crippen LogP contribution is -2.28. The van der Waals surface area contributed by atoms with Crippen molar-refractivity contribution in [2.45, 2.75) is 23.6 Å². The first kappa shape index (κ1) is 19.6. The second-order valence-electron chi connectivity index (χ2n) is 5.34. The molecule has 2 aromatic rings. The van der Waals surface area contributed by atoms with Crippen molar-refractivity contribution in [2.24, 2.45) is 5.92 Å². The van der Waals surface area contributed by atoms with Crippen LogP contribution in [0.25, 0.3) is 0 Å². The van der Waals surface area contributed by atoms with Crippen LogP contribution in [-0.2, 0) is 4.79 Å². The van der Waals surface area contributed by atoms with Crippen molar-refractivity contribution in [3.05, 3.63) is 54.1 Å². The summed E-state index contributed by atoms with van der Waals surface area (Å²) in [5.41, 5.74) is 1.95. The predicted octanol–water partition coefficient (Wildman–Crippen LogP) is 4.36. The van der Waals surface area contributed by atoms with E-state index in [0.29, 0.717) is 6.54 Å². The third kappa shape index (κ3) is 5.90. The third-order valence-electron chi connectivity index (χ3n) is 3.39. The van der Waals surface area contributed by atoms with Crippen LogP contribution < -0.4 is 10.6 Å². The Kier molecular flexibility index (Phi) is 8.17. The molecule has 0 bridgehead atoms. The van der Waals surface area contributed by atoms with Gasteiger partial charge < -0.3 is 10.6 Å². The van der Waals surface area contributed by atoms with Crippen LogP contribution in [0.3, 0.4) is 0 Å².